The molecule has 1 aromatic heterocycles. The standard InChI is InChI=1S/C22H13ClF4N2O3S/c23-16-5-3-6-17(24)21(16)19(30)11-13-8-9-14-12-28-29(18(14)10-13)33(31,32)20-7-2-1-4-15(20)22(25,26)27/h1-10,12H,11H2. The fraction of sp³-hybridized carbons (Fsp3) is 0.0909. The van der Waals surface area contributed by atoms with E-state index >= 15 is 0 Å². The van der Waals surface area contributed by atoms with Gasteiger partial charge in [-0.3, -0.25) is 4.79 Å². The quantitative estimate of drug-likeness (QED) is 0.270. The van der Waals surface area contributed by atoms with Crippen LogP contribution in [-0.4, -0.2) is 23.4 Å². The predicted octanol–water partition coefficient (Wildman–Crippen LogP) is 5.51. The molecule has 11 heteroatoms. The molecule has 1 heterocycles. The van der Waals surface area contributed by atoms with Gasteiger partial charge >= 0.3 is 6.18 Å². The summed E-state index contributed by atoms with van der Waals surface area (Å²) in [6.45, 7) is 0. The summed E-state index contributed by atoms with van der Waals surface area (Å²) in [6.07, 6.45) is -4.04. The van der Waals surface area contributed by atoms with Crippen molar-refractivity contribution >= 4 is 38.3 Å². The lowest BCUT2D eigenvalue weighted by molar-refractivity contribution is -0.139. The summed E-state index contributed by atoms with van der Waals surface area (Å²) >= 11 is 5.93. The Morgan fingerprint density at radius 1 is 1.03 bits per heavy atom. The molecule has 0 saturated carbocycles. The molecule has 0 fully saturated rings. The van der Waals surface area contributed by atoms with Crippen molar-refractivity contribution in [3.05, 3.63) is 94.4 Å². The molecule has 0 radical (unpaired) electrons. The minimum atomic E-state index is -4.90. The average Bonchev–Trinajstić information content (AvgIpc) is 3.17. The number of halogens is 5. The summed E-state index contributed by atoms with van der Waals surface area (Å²) in [5.74, 6) is -1.45. The number of hydrogen-bond acceptors (Lipinski definition) is 4. The lowest BCUT2D eigenvalue weighted by atomic mass is 10.0. The largest absolute Gasteiger partial charge is 0.417 e. The molecular weight excluding hydrogens is 484 g/mol. The zero-order valence-corrected chi connectivity index (χ0v) is 18.0. The van der Waals surface area contributed by atoms with Crippen molar-refractivity contribution in [1.82, 2.24) is 9.19 Å². The van der Waals surface area contributed by atoms with Crippen LogP contribution in [0.25, 0.3) is 10.9 Å². The molecule has 0 aliphatic carbocycles. The van der Waals surface area contributed by atoms with Gasteiger partial charge in [0.05, 0.1) is 27.9 Å². The summed E-state index contributed by atoms with van der Waals surface area (Å²) < 4.78 is 80.9. The van der Waals surface area contributed by atoms with Crippen LogP contribution in [0.5, 0.6) is 0 Å². The highest BCUT2D eigenvalue weighted by Gasteiger charge is 2.38. The maximum Gasteiger partial charge on any atom is 0.417 e. The van der Waals surface area contributed by atoms with Gasteiger partial charge in [0, 0.05) is 11.8 Å². The molecule has 0 aliphatic rings. The summed E-state index contributed by atoms with van der Waals surface area (Å²) in [6, 6.07) is 11.9. The smallest absolute Gasteiger partial charge is 0.294 e. The SMILES string of the molecule is O=C(Cc1ccc2cnn(S(=O)(=O)c3ccccc3C(F)(F)F)c2c1)c1c(F)cccc1Cl. The molecule has 0 atom stereocenters. The van der Waals surface area contributed by atoms with E-state index < -0.39 is 38.3 Å². The Hall–Kier alpha value is -3.24. The molecule has 0 N–H and O–H groups in total. The van der Waals surface area contributed by atoms with Gasteiger partial charge in [0.15, 0.2) is 5.78 Å². The van der Waals surface area contributed by atoms with Crippen LogP contribution in [-0.2, 0) is 22.6 Å². The summed E-state index contributed by atoms with van der Waals surface area (Å²) in [4.78, 5) is 11.6. The third-order valence-corrected chi connectivity index (χ3v) is 6.88. The first-order valence-electron chi connectivity index (χ1n) is 9.36. The van der Waals surface area contributed by atoms with Crippen LogP contribution >= 0.6 is 11.6 Å². The second kappa shape index (κ2) is 8.27. The molecule has 0 saturated heterocycles. The van der Waals surface area contributed by atoms with E-state index in [0.717, 1.165) is 18.2 Å². The average molecular weight is 497 g/mol. The van der Waals surface area contributed by atoms with E-state index in [9.17, 15) is 30.8 Å². The van der Waals surface area contributed by atoms with E-state index in [1.54, 1.807) is 0 Å². The first kappa shape index (κ1) is 22.9. The number of Topliss-reactive ketones (excluding diaryl/α,β-unsaturated/α-hetero) is 1. The van der Waals surface area contributed by atoms with Gasteiger partial charge in [-0.15, -0.1) is 0 Å². The summed E-state index contributed by atoms with van der Waals surface area (Å²) in [5.41, 5.74) is -1.36. The number of ketones is 1. The van der Waals surface area contributed by atoms with Crippen LogP contribution in [0.4, 0.5) is 17.6 Å². The Labute approximate surface area is 190 Å². The highest BCUT2D eigenvalue weighted by molar-refractivity contribution is 7.90. The lowest BCUT2D eigenvalue weighted by Gasteiger charge is -2.13. The molecule has 0 spiro atoms. The van der Waals surface area contributed by atoms with Crippen LogP contribution < -0.4 is 0 Å². The predicted molar refractivity (Wildman–Crippen MR) is 113 cm³/mol. The molecule has 33 heavy (non-hydrogen) atoms. The van der Waals surface area contributed by atoms with Gasteiger partial charge in [-0.1, -0.05) is 41.9 Å². The lowest BCUT2D eigenvalue weighted by Crippen LogP contribution is -2.19. The van der Waals surface area contributed by atoms with Crippen LogP contribution in [0.1, 0.15) is 21.5 Å². The number of benzene rings is 3. The first-order valence-corrected chi connectivity index (χ1v) is 11.2. The normalized spacial score (nSPS) is 12.3. The molecule has 3 aromatic carbocycles. The number of rotatable bonds is 5. The van der Waals surface area contributed by atoms with Crippen molar-refractivity contribution in [3.8, 4) is 0 Å². The van der Waals surface area contributed by atoms with E-state index in [4.69, 9.17) is 11.6 Å². The van der Waals surface area contributed by atoms with Crippen molar-refractivity contribution in [2.24, 2.45) is 0 Å². The van der Waals surface area contributed by atoms with E-state index in [2.05, 4.69) is 5.10 Å². The third kappa shape index (κ3) is 4.23. The van der Waals surface area contributed by atoms with Gasteiger partial charge in [0.25, 0.3) is 10.0 Å². The number of aromatic nitrogens is 2. The van der Waals surface area contributed by atoms with Gasteiger partial charge in [-0.25, -0.2) is 4.39 Å². The summed E-state index contributed by atoms with van der Waals surface area (Å²) in [5, 5.41) is 4.02. The highest BCUT2D eigenvalue weighted by Crippen LogP contribution is 2.35. The van der Waals surface area contributed by atoms with E-state index in [1.165, 1.54) is 42.6 Å². The fourth-order valence-corrected chi connectivity index (χ4v) is 5.15. The molecule has 4 aromatic rings. The Balaban J connectivity index is 1.78. The minimum Gasteiger partial charge on any atom is -0.294 e. The van der Waals surface area contributed by atoms with E-state index in [1.807, 2.05) is 0 Å². The van der Waals surface area contributed by atoms with Crippen molar-refractivity contribution in [3.63, 3.8) is 0 Å². The zero-order chi connectivity index (χ0) is 24.0. The second-order valence-corrected chi connectivity index (χ2v) is 9.22. The maximum absolute atomic E-state index is 14.1. The van der Waals surface area contributed by atoms with Crippen molar-refractivity contribution in [2.45, 2.75) is 17.5 Å². The highest BCUT2D eigenvalue weighted by atomic mass is 35.5. The number of nitrogens with zero attached hydrogens (tertiary/aromatic N) is 2. The van der Waals surface area contributed by atoms with E-state index in [-0.39, 0.29) is 22.5 Å². The number of hydrogen-bond donors (Lipinski definition) is 0. The zero-order valence-electron chi connectivity index (χ0n) is 16.5. The van der Waals surface area contributed by atoms with Crippen molar-refractivity contribution in [1.29, 1.82) is 0 Å². The Bertz CT molecular complexity index is 1480. The molecule has 4 rings (SSSR count). The second-order valence-electron chi connectivity index (χ2n) is 7.08. The summed E-state index contributed by atoms with van der Waals surface area (Å²) in [7, 11) is -4.73. The molecule has 0 amide bonds. The Kier molecular flexibility index (Phi) is 5.75. The Morgan fingerprint density at radius 2 is 1.76 bits per heavy atom. The van der Waals surface area contributed by atoms with Gasteiger partial charge in [0.1, 0.15) is 10.7 Å². The van der Waals surface area contributed by atoms with Gasteiger partial charge < -0.3 is 0 Å². The molecule has 5 nitrogen and oxygen atoms in total. The van der Waals surface area contributed by atoms with Crippen molar-refractivity contribution in [2.75, 3.05) is 0 Å². The molecule has 0 unspecified atom stereocenters. The van der Waals surface area contributed by atoms with Crippen LogP contribution in [0.2, 0.25) is 5.02 Å². The van der Waals surface area contributed by atoms with Crippen LogP contribution in [0.3, 0.4) is 0 Å². The molecule has 0 aliphatic heterocycles. The fourth-order valence-electron chi connectivity index (χ4n) is 3.40. The number of carbonyl (C=O) groups is 1. The topological polar surface area (TPSA) is 69.0 Å². The van der Waals surface area contributed by atoms with Crippen molar-refractivity contribution < 1.29 is 30.8 Å². The number of fused-ring (bicyclic) bond motifs is 1. The van der Waals surface area contributed by atoms with E-state index in [0.29, 0.717) is 21.1 Å². The number of alkyl halides is 3. The maximum atomic E-state index is 14.1. The minimum absolute atomic E-state index is 0.0306. The van der Waals surface area contributed by atoms with Gasteiger partial charge in [0.2, 0.25) is 0 Å². The monoisotopic (exact) mass is 496 g/mol. The molecular formula is C22H13ClF4N2O3S. The molecule has 0 bridgehead atoms. The third-order valence-electron chi connectivity index (χ3n) is 4.91. The first-order chi connectivity index (χ1) is 15.5. The van der Waals surface area contributed by atoms with Crippen LogP contribution in [0.15, 0.2) is 71.8 Å². The number of carbonyl (C=O) groups excluding carboxylic acids is 1. The van der Waals surface area contributed by atoms with Crippen LogP contribution in [0, 0.1) is 5.82 Å². The van der Waals surface area contributed by atoms with Gasteiger partial charge in [-0.2, -0.15) is 30.8 Å². The van der Waals surface area contributed by atoms with Gasteiger partial charge in [-0.05, 0) is 35.9 Å². The molecule has 170 valence electrons. The Morgan fingerprint density at radius 3 is 2.45 bits per heavy atom.